The number of para-hydroxylation sites is 1. The van der Waals surface area contributed by atoms with Gasteiger partial charge in [-0.1, -0.05) is 54.6 Å². The molecule has 2 amide bonds. The average molecular weight is 477 g/mol. The van der Waals surface area contributed by atoms with Gasteiger partial charge in [0.1, 0.15) is 23.8 Å². The topological polar surface area (TPSA) is 73.8 Å². The van der Waals surface area contributed by atoms with Gasteiger partial charge in [-0.25, -0.2) is 8.78 Å². The third-order valence-electron chi connectivity index (χ3n) is 5.83. The molecule has 0 fully saturated rings. The molecule has 3 aromatic rings. The first kappa shape index (κ1) is 24.1. The molecule has 2 N–H and O–H groups in total. The molecular weight excluding hydrogens is 450 g/mol. The number of rotatable bonds is 6. The molecule has 0 unspecified atom stereocenters. The highest BCUT2D eigenvalue weighted by molar-refractivity contribution is 6.16. The summed E-state index contributed by atoms with van der Waals surface area (Å²) in [6.45, 7) is 1.93. The van der Waals surface area contributed by atoms with Gasteiger partial charge in [0.05, 0.1) is 18.7 Å². The molecule has 2 atom stereocenters. The standard InChI is InChI=1S/C27H26F2N4O2/c1-17(30-25(34)15-20-21(28)12-8-13-22(20)29)27(35)32-24-16-33(2)23-14-7-6-11-19(23)26(31-24)18-9-4-3-5-10-18/h3-14,17,24H,15-16H2,1-2H3,(H,30,34)(H,32,35)/t17-,24+/m0/s1. The monoisotopic (exact) mass is 476 g/mol. The third kappa shape index (κ3) is 5.54. The molecule has 1 aliphatic heterocycles. The van der Waals surface area contributed by atoms with Gasteiger partial charge >= 0.3 is 0 Å². The van der Waals surface area contributed by atoms with Gasteiger partial charge in [-0.15, -0.1) is 0 Å². The van der Waals surface area contributed by atoms with Crippen molar-refractivity contribution in [2.75, 3.05) is 18.5 Å². The van der Waals surface area contributed by atoms with Crippen LogP contribution in [0.5, 0.6) is 0 Å². The van der Waals surface area contributed by atoms with Gasteiger partial charge in [-0.3, -0.25) is 14.6 Å². The second-order valence-corrected chi connectivity index (χ2v) is 8.43. The number of aliphatic imine (C=N–C) groups is 1. The van der Waals surface area contributed by atoms with Gasteiger partial charge < -0.3 is 15.5 Å². The average Bonchev–Trinajstić information content (AvgIpc) is 2.98. The van der Waals surface area contributed by atoms with Crippen LogP contribution in [0.1, 0.15) is 23.6 Å². The first-order valence-electron chi connectivity index (χ1n) is 11.3. The summed E-state index contributed by atoms with van der Waals surface area (Å²) < 4.78 is 27.7. The number of benzene rings is 3. The van der Waals surface area contributed by atoms with Crippen LogP contribution >= 0.6 is 0 Å². The number of amides is 2. The quantitative estimate of drug-likeness (QED) is 0.573. The Morgan fingerprint density at radius 3 is 2.37 bits per heavy atom. The van der Waals surface area contributed by atoms with Crippen molar-refractivity contribution < 1.29 is 18.4 Å². The number of nitrogens with one attached hydrogen (secondary N) is 2. The molecule has 0 aromatic heterocycles. The maximum absolute atomic E-state index is 13.9. The fourth-order valence-corrected chi connectivity index (χ4v) is 4.04. The van der Waals surface area contributed by atoms with Crippen LogP contribution in [-0.2, 0) is 16.0 Å². The molecule has 1 heterocycles. The van der Waals surface area contributed by atoms with E-state index in [0.29, 0.717) is 6.54 Å². The number of likely N-dealkylation sites (N-methyl/N-ethyl adjacent to an activating group) is 1. The van der Waals surface area contributed by atoms with E-state index in [4.69, 9.17) is 4.99 Å². The summed E-state index contributed by atoms with van der Waals surface area (Å²) in [7, 11) is 1.93. The Morgan fingerprint density at radius 1 is 1.00 bits per heavy atom. The lowest BCUT2D eigenvalue weighted by atomic mass is 10.0. The second kappa shape index (κ2) is 10.5. The number of carbonyl (C=O) groups is 2. The molecule has 3 aromatic carbocycles. The van der Waals surface area contributed by atoms with Crippen molar-refractivity contribution >= 4 is 23.2 Å². The van der Waals surface area contributed by atoms with Crippen LogP contribution in [0.15, 0.2) is 77.8 Å². The van der Waals surface area contributed by atoms with Gasteiger partial charge in [-0.05, 0) is 25.1 Å². The van der Waals surface area contributed by atoms with Crippen molar-refractivity contribution in [3.05, 3.63) is 101 Å². The molecule has 0 aliphatic carbocycles. The van der Waals surface area contributed by atoms with Crippen LogP contribution in [0.2, 0.25) is 0 Å². The maximum atomic E-state index is 13.9. The first-order chi connectivity index (χ1) is 16.8. The van der Waals surface area contributed by atoms with Gasteiger partial charge in [-0.2, -0.15) is 0 Å². The van der Waals surface area contributed by atoms with Gasteiger partial charge in [0.15, 0.2) is 0 Å². The molecule has 0 saturated heterocycles. The van der Waals surface area contributed by atoms with Gasteiger partial charge in [0, 0.05) is 29.4 Å². The largest absolute Gasteiger partial charge is 0.370 e. The number of anilines is 1. The highest BCUT2D eigenvalue weighted by Crippen LogP contribution is 2.26. The number of nitrogens with zero attached hydrogens (tertiary/aromatic N) is 2. The van der Waals surface area contributed by atoms with E-state index in [2.05, 4.69) is 10.6 Å². The molecule has 1 aliphatic rings. The Balaban J connectivity index is 1.50. The lowest BCUT2D eigenvalue weighted by molar-refractivity contribution is -0.128. The molecule has 4 rings (SSSR count). The van der Waals surface area contributed by atoms with Crippen LogP contribution in [0.4, 0.5) is 14.5 Å². The lowest BCUT2D eigenvalue weighted by Gasteiger charge is -2.24. The SMILES string of the molecule is C[C@H](NC(=O)Cc1c(F)cccc1F)C(=O)N[C@@H]1CN(C)c2ccccc2C(c2ccccc2)=N1. The minimum atomic E-state index is -0.927. The van der Waals surface area contributed by atoms with E-state index in [0.717, 1.165) is 34.7 Å². The Labute approximate surface area is 202 Å². The van der Waals surface area contributed by atoms with Crippen molar-refractivity contribution in [2.24, 2.45) is 4.99 Å². The van der Waals surface area contributed by atoms with E-state index < -0.39 is 42.1 Å². The zero-order chi connectivity index (χ0) is 24.9. The van der Waals surface area contributed by atoms with Gasteiger partial charge in [0.25, 0.3) is 0 Å². The predicted octanol–water partition coefficient (Wildman–Crippen LogP) is 3.44. The second-order valence-electron chi connectivity index (χ2n) is 8.43. The molecule has 6 nitrogen and oxygen atoms in total. The minimum Gasteiger partial charge on any atom is -0.370 e. The number of carbonyl (C=O) groups excluding carboxylic acids is 2. The smallest absolute Gasteiger partial charge is 0.243 e. The predicted molar refractivity (Wildman–Crippen MR) is 131 cm³/mol. The number of hydrogen-bond donors (Lipinski definition) is 2. The van der Waals surface area contributed by atoms with E-state index in [1.165, 1.54) is 13.0 Å². The summed E-state index contributed by atoms with van der Waals surface area (Å²) in [5, 5.41) is 5.40. The van der Waals surface area contributed by atoms with Crippen LogP contribution in [-0.4, -0.2) is 43.3 Å². The normalized spacial score (nSPS) is 15.9. The lowest BCUT2D eigenvalue weighted by Crippen LogP contribution is -2.50. The van der Waals surface area contributed by atoms with Crippen molar-refractivity contribution in [2.45, 2.75) is 25.6 Å². The molecule has 0 saturated carbocycles. The number of halogens is 2. The van der Waals surface area contributed by atoms with E-state index in [1.807, 2.05) is 66.5 Å². The number of hydrogen-bond acceptors (Lipinski definition) is 4. The zero-order valence-electron chi connectivity index (χ0n) is 19.5. The Morgan fingerprint density at radius 2 is 1.66 bits per heavy atom. The summed E-state index contributed by atoms with van der Waals surface area (Å²) in [4.78, 5) is 32.1. The van der Waals surface area contributed by atoms with E-state index in [9.17, 15) is 18.4 Å². The van der Waals surface area contributed by atoms with Gasteiger partial charge in [0.2, 0.25) is 11.8 Å². The van der Waals surface area contributed by atoms with E-state index >= 15 is 0 Å². The molecule has 180 valence electrons. The van der Waals surface area contributed by atoms with Crippen molar-refractivity contribution in [1.29, 1.82) is 0 Å². The Bertz CT molecular complexity index is 1240. The fourth-order valence-electron chi connectivity index (χ4n) is 4.04. The molecule has 8 heteroatoms. The molecular formula is C27H26F2N4O2. The molecule has 0 spiro atoms. The third-order valence-corrected chi connectivity index (χ3v) is 5.83. The van der Waals surface area contributed by atoms with Crippen LogP contribution < -0.4 is 15.5 Å². The zero-order valence-corrected chi connectivity index (χ0v) is 19.5. The molecule has 0 radical (unpaired) electrons. The van der Waals surface area contributed by atoms with E-state index in [1.54, 1.807) is 0 Å². The van der Waals surface area contributed by atoms with Crippen molar-refractivity contribution in [1.82, 2.24) is 10.6 Å². The van der Waals surface area contributed by atoms with Crippen LogP contribution in [0.25, 0.3) is 0 Å². The van der Waals surface area contributed by atoms with E-state index in [-0.39, 0.29) is 5.56 Å². The summed E-state index contributed by atoms with van der Waals surface area (Å²) in [6, 6.07) is 20.1. The van der Waals surface area contributed by atoms with Crippen LogP contribution in [0, 0.1) is 11.6 Å². The highest BCUT2D eigenvalue weighted by atomic mass is 19.1. The molecule has 0 bridgehead atoms. The summed E-state index contributed by atoms with van der Waals surface area (Å²) >= 11 is 0. The summed E-state index contributed by atoms with van der Waals surface area (Å²) in [5.41, 5.74) is 3.27. The molecule has 35 heavy (non-hydrogen) atoms. The highest BCUT2D eigenvalue weighted by Gasteiger charge is 2.26. The summed E-state index contributed by atoms with van der Waals surface area (Å²) in [6.07, 6.45) is -1.09. The fraction of sp³-hybridized carbons (Fsp3) is 0.222. The minimum absolute atomic E-state index is 0.335. The number of fused-ring (bicyclic) bond motifs is 1. The van der Waals surface area contributed by atoms with Crippen molar-refractivity contribution in [3.8, 4) is 0 Å². The van der Waals surface area contributed by atoms with Crippen LogP contribution in [0.3, 0.4) is 0 Å². The van der Waals surface area contributed by atoms with Crippen molar-refractivity contribution in [3.63, 3.8) is 0 Å². The Hall–Kier alpha value is -4.07. The first-order valence-corrected chi connectivity index (χ1v) is 11.3. The summed E-state index contributed by atoms with van der Waals surface area (Å²) in [5.74, 6) is -2.72. The maximum Gasteiger partial charge on any atom is 0.243 e. The Kier molecular flexibility index (Phi) is 7.19. The number of benzodiazepines with no additional fused rings is 1.